The highest BCUT2D eigenvalue weighted by Crippen LogP contribution is 2.16. The monoisotopic (exact) mass is 427 g/mol. The van der Waals surface area contributed by atoms with Crippen molar-refractivity contribution >= 4 is 11.8 Å². The summed E-state index contributed by atoms with van der Waals surface area (Å²) in [6, 6.07) is 12.7. The Balaban J connectivity index is 1.55. The van der Waals surface area contributed by atoms with Crippen LogP contribution in [0.1, 0.15) is 29.8 Å². The smallest absolute Gasteiger partial charge is 0.251 e. The molecule has 3 rings (SSSR count). The molecule has 0 aromatic heterocycles. The van der Waals surface area contributed by atoms with Crippen molar-refractivity contribution in [3.63, 3.8) is 0 Å². The number of piperazine rings is 1. The van der Waals surface area contributed by atoms with Crippen molar-refractivity contribution in [1.82, 2.24) is 15.1 Å². The molecule has 166 valence electrons. The fourth-order valence-electron chi connectivity index (χ4n) is 3.65. The van der Waals surface area contributed by atoms with Gasteiger partial charge in [-0.15, -0.1) is 0 Å². The van der Waals surface area contributed by atoms with E-state index < -0.39 is 11.9 Å². The molecule has 1 N–H and O–H groups in total. The van der Waals surface area contributed by atoms with Crippen LogP contribution >= 0.6 is 0 Å². The topological polar surface area (TPSA) is 61.9 Å². The molecule has 7 heteroatoms. The van der Waals surface area contributed by atoms with Crippen LogP contribution < -0.4 is 10.1 Å². The van der Waals surface area contributed by atoms with Crippen molar-refractivity contribution in [2.75, 3.05) is 33.3 Å². The largest absolute Gasteiger partial charge is 0.497 e. The summed E-state index contributed by atoms with van der Waals surface area (Å²) in [5.74, 6) is -0.0731. The highest BCUT2D eigenvalue weighted by atomic mass is 19.1. The number of methoxy groups -OCH3 is 1. The fourth-order valence-corrected chi connectivity index (χ4v) is 3.65. The van der Waals surface area contributed by atoms with Crippen LogP contribution in [0.3, 0.4) is 0 Å². The van der Waals surface area contributed by atoms with Gasteiger partial charge in [0.05, 0.1) is 7.11 Å². The molecule has 1 fully saturated rings. The lowest BCUT2D eigenvalue weighted by Gasteiger charge is -2.37. The molecule has 2 aromatic carbocycles. The van der Waals surface area contributed by atoms with Gasteiger partial charge in [-0.1, -0.05) is 26.0 Å². The Labute approximate surface area is 183 Å². The van der Waals surface area contributed by atoms with Crippen molar-refractivity contribution in [3.8, 4) is 5.75 Å². The second-order valence-electron chi connectivity index (χ2n) is 8.15. The van der Waals surface area contributed by atoms with Crippen LogP contribution in [0.2, 0.25) is 0 Å². The zero-order chi connectivity index (χ0) is 22.4. The van der Waals surface area contributed by atoms with Gasteiger partial charge in [-0.3, -0.25) is 14.5 Å². The quantitative estimate of drug-likeness (QED) is 0.738. The van der Waals surface area contributed by atoms with Crippen LogP contribution in [0.5, 0.6) is 5.75 Å². The summed E-state index contributed by atoms with van der Waals surface area (Å²) in [7, 11) is 1.65. The summed E-state index contributed by atoms with van der Waals surface area (Å²) in [5.41, 5.74) is 1.54. The Hall–Kier alpha value is -2.93. The summed E-state index contributed by atoms with van der Waals surface area (Å²) in [5, 5.41) is 2.83. The van der Waals surface area contributed by atoms with E-state index in [9.17, 15) is 14.0 Å². The molecule has 2 aromatic rings. The molecule has 0 spiro atoms. The molecule has 0 radical (unpaired) electrons. The number of nitrogens with zero attached hydrogens (tertiary/aromatic N) is 2. The van der Waals surface area contributed by atoms with Crippen molar-refractivity contribution in [1.29, 1.82) is 0 Å². The number of hydrogen-bond donors (Lipinski definition) is 1. The molecule has 1 aliphatic rings. The van der Waals surface area contributed by atoms with E-state index in [4.69, 9.17) is 4.74 Å². The van der Waals surface area contributed by atoms with Crippen LogP contribution in [0.25, 0.3) is 0 Å². The van der Waals surface area contributed by atoms with Crippen molar-refractivity contribution in [2.45, 2.75) is 26.4 Å². The minimum absolute atomic E-state index is 0.0609. The van der Waals surface area contributed by atoms with Crippen LogP contribution in [0.4, 0.5) is 4.39 Å². The van der Waals surface area contributed by atoms with Gasteiger partial charge >= 0.3 is 0 Å². The Kier molecular flexibility index (Phi) is 7.63. The maximum absolute atomic E-state index is 13.1. The number of carbonyl (C=O) groups excluding carboxylic acids is 2. The molecule has 2 amide bonds. The van der Waals surface area contributed by atoms with E-state index >= 15 is 0 Å². The Morgan fingerprint density at radius 3 is 2.16 bits per heavy atom. The molecule has 0 unspecified atom stereocenters. The van der Waals surface area contributed by atoms with Crippen LogP contribution in [0, 0.1) is 11.7 Å². The summed E-state index contributed by atoms with van der Waals surface area (Å²) >= 11 is 0. The second kappa shape index (κ2) is 10.4. The third kappa shape index (κ3) is 6.04. The molecule has 1 heterocycles. The first-order valence-corrected chi connectivity index (χ1v) is 10.6. The number of hydrogen-bond acceptors (Lipinski definition) is 4. The third-order valence-electron chi connectivity index (χ3n) is 5.57. The van der Waals surface area contributed by atoms with Crippen molar-refractivity contribution in [3.05, 3.63) is 65.5 Å². The first-order valence-electron chi connectivity index (χ1n) is 10.6. The number of nitrogens with one attached hydrogen (secondary N) is 1. The highest BCUT2D eigenvalue weighted by Gasteiger charge is 2.31. The van der Waals surface area contributed by atoms with E-state index in [0.717, 1.165) is 25.4 Å². The summed E-state index contributed by atoms with van der Waals surface area (Å²) in [6.07, 6.45) is 0. The lowest BCUT2D eigenvalue weighted by atomic mass is 10.0. The van der Waals surface area contributed by atoms with Crippen molar-refractivity contribution < 1.29 is 18.7 Å². The van der Waals surface area contributed by atoms with Gasteiger partial charge in [-0.25, -0.2) is 4.39 Å². The van der Waals surface area contributed by atoms with E-state index in [0.29, 0.717) is 18.7 Å². The average molecular weight is 428 g/mol. The van der Waals surface area contributed by atoms with Gasteiger partial charge in [0.25, 0.3) is 5.91 Å². The van der Waals surface area contributed by atoms with Gasteiger partial charge in [-0.05, 0) is 47.9 Å². The lowest BCUT2D eigenvalue weighted by molar-refractivity contribution is -0.136. The summed E-state index contributed by atoms with van der Waals surface area (Å²) in [6.45, 7) is 7.42. The normalized spacial score (nSPS) is 15.6. The second-order valence-corrected chi connectivity index (χ2v) is 8.15. The maximum atomic E-state index is 13.1. The summed E-state index contributed by atoms with van der Waals surface area (Å²) < 4.78 is 18.3. The van der Waals surface area contributed by atoms with Crippen LogP contribution in [-0.2, 0) is 11.3 Å². The molecule has 0 aliphatic carbocycles. The number of amides is 2. The van der Waals surface area contributed by atoms with E-state index in [2.05, 4.69) is 22.3 Å². The van der Waals surface area contributed by atoms with E-state index in [1.165, 1.54) is 29.8 Å². The highest BCUT2D eigenvalue weighted by molar-refractivity contribution is 5.97. The zero-order valence-electron chi connectivity index (χ0n) is 18.3. The number of ether oxygens (including phenoxy) is 1. The molecule has 1 atom stereocenters. The SMILES string of the molecule is COc1ccc(CN2CCN(C(=O)[C@@H](NC(=O)c3ccc(F)cc3)C(C)C)CC2)cc1. The molecule has 0 saturated carbocycles. The maximum Gasteiger partial charge on any atom is 0.251 e. The minimum atomic E-state index is -0.620. The predicted octanol–water partition coefficient (Wildman–Crippen LogP) is 2.93. The first kappa shape index (κ1) is 22.7. The minimum Gasteiger partial charge on any atom is -0.497 e. The predicted molar refractivity (Wildman–Crippen MR) is 117 cm³/mol. The van der Waals surface area contributed by atoms with Gasteiger partial charge in [0.15, 0.2) is 0 Å². The number of rotatable bonds is 7. The Morgan fingerprint density at radius 1 is 1.00 bits per heavy atom. The van der Waals surface area contributed by atoms with Crippen LogP contribution in [0.15, 0.2) is 48.5 Å². The van der Waals surface area contributed by atoms with Gasteiger partial charge < -0.3 is 15.0 Å². The number of benzene rings is 2. The molecular formula is C24H30FN3O3. The molecular weight excluding hydrogens is 397 g/mol. The molecule has 0 bridgehead atoms. The third-order valence-corrected chi connectivity index (χ3v) is 5.57. The Bertz CT molecular complexity index is 876. The Morgan fingerprint density at radius 2 is 1.61 bits per heavy atom. The van der Waals surface area contributed by atoms with Gasteiger partial charge in [0, 0.05) is 38.3 Å². The zero-order valence-corrected chi connectivity index (χ0v) is 18.3. The lowest BCUT2D eigenvalue weighted by Crippen LogP contribution is -2.56. The van der Waals surface area contributed by atoms with Crippen molar-refractivity contribution in [2.24, 2.45) is 5.92 Å². The number of halogens is 1. The van der Waals surface area contributed by atoms with E-state index in [1.54, 1.807) is 7.11 Å². The summed E-state index contributed by atoms with van der Waals surface area (Å²) in [4.78, 5) is 29.8. The molecule has 1 aliphatic heterocycles. The standard InChI is InChI=1S/C24H30FN3O3/c1-17(2)22(26-23(29)19-6-8-20(25)9-7-19)24(30)28-14-12-27(13-15-28)16-18-4-10-21(31-3)11-5-18/h4-11,17,22H,12-16H2,1-3H3,(H,26,29)/t22-/m0/s1. The van der Waals surface area contributed by atoms with E-state index in [-0.39, 0.29) is 17.7 Å². The molecule has 6 nitrogen and oxygen atoms in total. The van der Waals surface area contributed by atoms with Gasteiger partial charge in [-0.2, -0.15) is 0 Å². The first-order chi connectivity index (χ1) is 14.9. The van der Waals surface area contributed by atoms with Gasteiger partial charge in [0.1, 0.15) is 17.6 Å². The number of carbonyl (C=O) groups is 2. The van der Waals surface area contributed by atoms with Gasteiger partial charge in [0.2, 0.25) is 5.91 Å². The fraction of sp³-hybridized carbons (Fsp3) is 0.417. The van der Waals surface area contributed by atoms with E-state index in [1.807, 2.05) is 30.9 Å². The molecule has 1 saturated heterocycles. The van der Waals surface area contributed by atoms with Crippen LogP contribution in [-0.4, -0.2) is 60.9 Å². The molecule has 31 heavy (non-hydrogen) atoms. The average Bonchev–Trinajstić information content (AvgIpc) is 2.78.